The Hall–Kier alpha value is -3.76. The molecule has 37 heavy (non-hydrogen) atoms. The number of nitrogens with zero attached hydrogens (tertiary/aromatic N) is 3. The van der Waals surface area contributed by atoms with E-state index >= 15 is 0 Å². The second-order valence-corrected chi connectivity index (χ2v) is 8.23. The van der Waals surface area contributed by atoms with Gasteiger partial charge < -0.3 is 30.7 Å². The van der Waals surface area contributed by atoms with Crippen molar-refractivity contribution in [2.24, 2.45) is 0 Å². The first-order valence-electron chi connectivity index (χ1n) is 12.7. The molecule has 2 aromatic carbocycles. The average molecular weight is 508 g/mol. The van der Waals surface area contributed by atoms with Crippen LogP contribution in [0.1, 0.15) is 37.0 Å². The van der Waals surface area contributed by atoms with Crippen LogP contribution in [0.2, 0.25) is 0 Å². The first-order valence-corrected chi connectivity index (χ1v) is 12.7. The zero-order valence-corrected chi connectivity index (χ0v) is 21.6. The molecule has 0 aliphatic heterocycles. The van der Waals surface area contributed by atoms with E-state index in [-0.39, 0.29) is 11.9 Å². The Morgan fingerprint density at radius 1 is 0.757 bits per heavy atom. The molecule has 0 aliphatic carbocycles. The van der Waals surface area contributed by atoms with Crippen LogP contribution in [0, 0.1) is 0 Å². The van der Waals surface area contributed by atoms with Gasteiger partial charge in [-0.1, -0.05) is 50.2 Å². The predicted octanol–water partition coefficient (Wildman–Crippen LogP) is 4.09. The van der Waals surface area contributed by atoms with Crippen molar-refractivity contribution >= 4 is 29.4 Å². The Balaban J connectivity index is 1.36. The Bertz CT molecular complexity index is 1050. The van der Waals surface area contributed by atoms with E-state index in [4.69, 9.17) is 9.47 Å². The van der Waals surface area contributed by atoms with Crippen molar-refractivity contribution in [1.29, 1.82) is 0 Å². The number of nitrogens with one attached hydrogen (secondary N) is 4. The van der Waals surface area contributed by atoms with Crippen LogP contribution in [-0.4, -0.2) is 66.4 Å². The number of carbonyl (C=O) groups excluding carboxylic acids is 1. The molecule has 0 bridgehead atoms. The molecule has 0 saturated heterocycles. The van der Waals surface area contributed by atoms with Gasteiger partial charge in [-0.3, -0.25) is 4.79 Å². The third-order valence-electron chi connectivity index (χ3n) is 5.45. The molecule has 0 spiro atoms. The molecule has 198 valence electrons. The number of carbonyl (C=O) groups is 1. The monoisotopic (exact) mass is 507 g/mol. The fourth-order valence-corrected chi connectivity index (χ4v) is 3.39. The summed E-state index contributed by atoms with van der Waals surface area (Å²) in [6.45, 7) is 7.03. The Morgan fingerprint density at radius 3 is 2.03 bits per heavy atom. The van der Waals surface area contributed by atoms with Crippen LogP contribution < -0.4 is 21.3 Å². The molecule has 0 fully saturated rings. The normalized spacial score (nSPS) is 10.8. The SMILES string of the molecule is CCC(CC)Nc1nc(NCCOCCOCCNC(=O)c2ccccc2)nc(Nc2ccccc2)n1. The van der Waals surface area contributed by atoms with E-state index in [2.05, 4.69) is 50.1 Å². The molecule has 0 radical (unpaired) electrons. The molecular weight excluding hydrogens is 470 g/mol. The van der Waals surface area contributed by atoms with Gasteiger partial charge in [-0.05, 0) is 37.1 Å². The zero-order chi connectivity index (χ0) is 26.1. The van der Waals surface area contributed by atoms with E-state index in [0.717, 1.165) is 18.5 Å². The summed E-state index contributed by atoms with van der Waals surface area (Å²) >= 11 is 0. The molecule has 3 aromatic rings. The van der Waals surface area contributed by atoms with E-state index in [0.29, 0.717) is 62.9 Å². The smallest absolute Gasteiger partial charge is 0.251 e. The maximum absolute atomic E-state index is 12.0. The molecular formula is C27H37N7O3. The van der Waals surface area contributed by atoms with Gasteiger partial charge in [0.15, 0.2) is 0 Å². The Labute approximate surface area is 218 Å². The van der Waals surface area contributed by atoms with Crippen molar-refractivity contribution in [3.63, 3.8) is 0 Å². The lowest BCUT2D eigenvalue weighted by atomic mass is 10.2. The van der Waals surface area contributed by atoms with E-state index < -0.39 is 0 Å². The third-order valence-corrected chi connectivity index (χ3v) is 5.45. The summed E-state index contributed by atoms with van der Waals surface area (Å²) in [6.07, 6.45) is 1.95. The van der Waals surface area contributed by atoms with Crippen molar-refractivity contribution in [2.75, 3.05) is 55.5 Å². The minimum absolute atomic E-state index is 0.106. The van der Waals surface area contributed by atoms with Gasteiger partial charge in [-0.2, -0.15) is 15.0 Å². The number of amides is 1. The maximum atomic E-state index is 12.0. The number of ether oxygens (including phenoxy) is 2. The zero-order valence-electron chi connectivity index (χ0n) is 21.6. The van der Waals surface area contributed by atoms with Gasteiger partial charge in [0.25, 0.3) is 5.91 Å². The molecule has 0 aliphatic rings. The number of para-hydroxylation sites is 1. The summed E-state index contributed by atoms with van der Waals surface area (Å²) in [5.74, 6) is 1.35. The number of aromatic nitrogens is 3. The topological polar surface area (TPSA) is 122 Å². The Morgan fingerprint density at radius 2 is 1.35 bits per heavy atom. The van der Waals surface area contributed by atoms with E-state index in [1.54, 1.807) is 12.1 Å². The van der Waals surface area contributed by atoms with Crippen LogP contribution in [0.15, 0.2) is 60.7 Å². The van der Waals surface area contributed by atoms with Crippen LogP contribution >= 0.6 is 0 Å². The highest BCUT2D eigenvalue weighted by Crippen LogP contribution is 2.16. The van der Waals surface area contributed by atoms with Gasteiger partial charge >= 0.3 is 0 Å². The molecule has 1 amide bonds. The molecule has 3 rings (SSSR count). The molecule has 0 atom stereocenters. The highest BCUT2D eigenvalue weighted by atomic mass is 16.5. The molecule has 10 heteroatoms. The van der Waals surface area contributed by atoms with Crippen molar-refractivity contribution in [3.05, 3.63) is 66.2 Å². The highest BCUT2D eigenvalue weighted by molar-refractivity contribution is 5.94. The minimum Gasteiger partial charge on any atom is -0.377 e. The van der Waals surface area contributed by atoms with Crippen molar-refractivity contribution < 1.29 is 14.3 Å². The first-order chi connectivity index (χ1) is 18.2. The van der Waals surface area contributed by atoms with Gasteiger partial charge in [0, 0.05) is 30.4 Å². The molecule has 1 heterocycles. The lowest BCUT2D eigenvalue weighted by molar-refractivity contribution is 0.0519. The standard InChI is InChI=1S/C27H37N7O3/c1-3-22(4-2)30-26-32-25(33-27(34-26)31-23-13-9-6-10-14-23)29-16-18-37-20-19-36-17-15-28-24(35)21-11-7-5-8-12-21/h5-14,22H,3-4,15-20H2,1-2H3,(H,28,35)(H3,29,30,31,32,33,34). The number of benzene rings is 2. The quantitative estimate of drug-likeness (QED) is 0.200. The summed E-state index contributed by atoms with van der Waals surface area (Å²) in [7, 11) is 0. The molecule has 0 unspecified atom stereocenters. The lowest BCUT2D eigenvalue weighted by Gasteiger charge is -2.16. The fourth-order valence-electron chi connectivity index (χ4n) is 3.39. The van der Waals surface area contributed by atoms with Gasteiger partial charge in [0.05, 0.1) is 26.4 Å². The van der Waals surface area contributed by atoms with Crippen LogP contribution in [0.3, 0.4) is 0 Å². The van der Waals surface area contributed by atoms with Gasteiger partial charge in [-0.25, -0.2) is 0 Å². The molecule has 10 nitrogen and oxygen atoms in total. The number of hydrogen-bond donors (Lipinski definition) is 4. The lowest BCUT2D eigenvalue weighted by Crippen LogP contribution is -2.27. The molecule has 4 N–H and O–H groups in total. The highest BCUT2D eigenvalue weighted by Gasteiger charge is 2.10. The van der Waals surface area contributed by atoms with E-state index in [1.165, 1.54) is 0 Å². The summed E-state index contributed by atoms with van der Waals surface area (Å²) in [5.41, 5.74) is 1.54. The van der Waals surface area contributed by atoms with E-state index in [9.17, 15) is 4.79 Å². The number of rotatable bonds is 17. The average Bonchev–Trinajstić information content (AvgIpc) is 2.93. The second-order valence-electron chi connectivity index (χ2n) is 8.23. The number of hydrogen-bond acceptors (Lipinski definition) is 9. The predicted molar refractivity (Wildman–Crippen MR) is 146 cm³/mol. The molecule has 1 aromatic heterocycles. The minimum atomic E-state index is -0.106. The summed E-state index contributed by atoms with van der Waals surface area (Å²) in [4.78, 5) is 25.5. The fraction of sp³-hybridized carbons (Fsp3) is 0.407. The van der Waals surface area contributed by atoms with Gasteiger partial charge in [0.2, 0.25) is 17.8 Å². The van der Waals surface area contributed by atoms with Crippen molar-refractivity contribution in [3.8, 4) is 0 Å². The largest absolute Gasteiger partial charge is 0.377 e. The summed E-state index contributed by atoms with van der Waals surface area (Å²) in [5, 5.41) is 12.6. The van der Waals surface area contributed by atoms with E-state index in [1.807, 2.05) is 48.5 Å². The van der Waals surface area contributed by atoms with Gasteiger partial charge in [0.1, 0.15) is 0 Å². The van der Waals surface area contributed by atoms with Crippen LogP contribution in [0.4, 0.5) is 23.5 Å². The first kappa shape index (κ1) is 27.8. The maximum Gasteiger partial charge on any atom is 0.251 e. The molecule has 0 saturated carbocycles. The van der Waals surface area contributed by atoms with Gasteiger partial charge in [-0.15, -0.1) is 0 Å². The Kier molecular flexibility index (Phi) is 12.1. The van der Waals surface area contributed by atoms with Crippen molar-refractivity contribution in [2.45, 2.75) is 32.7 Å². The van der Waals surface area contributed by atoms with Crippen LogP contribution in [-0.2, 0) is 9.47 Å². The number of anilines is 4. The van der Waals surface area contributed by atoms with Crippen LogP contribution in [0.25, 0.3) is 0 Å². The summed E-state index contributed by atoms with van der Waals surface area (Å²) < 4.78 is 11.2. The van der Waals surface area contributed by atoms with Crippen LogP contribution in [0.5, 0.6) is 0 Å². The second kappa shape index (κ2) is 16.1. The summed E-state index contributed by atoms with van der Waals surface area (Å²) in [6, 6.07) is 19.2. The third kappa shape index (κ3) is 10.4. The van der Waals surface area contributed by atoms with Crippen molar-refractivity contribution in [1.82, 2.24) is 20.3 Å².